The molecule has 98 valence electrons. The van der Waals surface area contributed by atoms with Crippen molar-refractivity contribution in [3.63, 3.8) is 0 Å². The highest BCUT2D eigenvalue weighted by Gasteiger charge is 2.29. The van der Waals surface area contributed by atoms with Gasteiger partial charge in [0.05, 0.1) is 14.2 Å². The highest BCUT2D eigenvalue weighted by Crippen LogP contribution is 2.33. The van der Waals surface area contributed by atoms with E-state index in [1.807, 2.05) is 0 Å². The molecule has 0 heterocycles. The van der Waals surface area contributed by atoms with Gasteiger partial charge in [-0.15, -0.1) is 0 Å². The van der Waals surface area contributed by atoms with Crippen LogP contribution >= 0.6 is 11.6 Å². The van der Waals surface area contributed by atoms with E-state index < -0.39 is 0 Å². The average molecular weight is 270 g/mol. The van der Waals surface area contributed by atoms with Crippen molar-refractivity contribution < 1.29 is 14.3 Å². The Hall–Kier alpha value is -1.42. The van der Waals surface area contributed by atoms with Crippen molar-refractivity contribution in [3.8, 4) is 11.5 Å². The Bertz CT molecular complexity index is 458. The summed E-state index contributed by atoms with van der Waals surface area (Å²) in [5.41, 5.74) is 0.823. The van der Waals surface area contributed by atoms with E-state index in [2.05, 4.69) is 5.32 Å². The maximum absolute atomic E-state index is 11.6. The van der Waals surface area contributed by atoms with Gasteiger partial charge in [-0.3, -0.25) is 4.79 Å². The molecule has 0 spiro atoms. The van der Waals surface area contributed by atoms with E-state index in [1.54, 1.807) is 26.4 Å². The third-order valence-corrected chi connectivity index (χ3v) is 3.31. The van der Waals surface area contributed by atoms with Gasteiger partial charge in [-0.2, -0.15) is 0 Å². The molecule has 0 aliphatic heterocycles. The van der Waals surface area contributed by atoms with Crippen LogP contribution in [0.3, 0.4) is 0 Å². The van der Waals surface area contributed by atoms with Crippen LogP contribution in [0.25, 0.3) is 0 Å². The van der Waals surface area contributed by atoms with E-state index in [-0.39, 0.29) is 11.8 Å². The first kappa shape index (κ1) is 13.0. The molecule has 0 saturated heterocycles. The Morgan fingerprint density at radius 3 is 2.50 bits per heavy atom. The van der Waals surface area contributed by atoms with Crippen LogP contribution in [-0.2, 0) is 11.3 Å². The van der Waals surface area contributed by atoms with E-state index in [9.17, 15) is 4.79 Å². The van der Waals surface area contributed by atoms with E-state index >= 15 is 0 Å². The number of amides is 1. The number of carbonyl (C=O) groups is 1. The van der Waals surface area contributed by atoms with Gasteiger partial charge in [0.2, 0.25) is 5.91 Å². The van der Waals surface area contributed by atoms with Crippen LogP contribution in [0.4, 0.5) is 0 Å². The summed E-state index contributed by atoms with van der Waals surface area (Å²) < 4.78 is 10.4. The molecule has 2 rings (SSSR count). The zero-order chi connectivity index (χ0) is 13.1. The first-order chi connectivity index (χ1) is 8.65. The maximum Gasteiger partial charge on any atom is 0.223 e. The van der Waals surface area contributed by atoms with Crippen LogP contribution in [-0.4, -0.2) is 20.1 Å². The largest absolute Gasteiger partial charge is 0.493 e. The number of rotatable bonds is 5. The standard InChI is InChI=1S/C13H16ClNO3/c1-17-11-5-9(10(14)6-12(11)18-2)7-15-13(16)8-3-4-8/h5-6,8H,3-4,7H2,1-2H3,(H,15,16). The van der Waals surface area contributed by atoms with Gasteiger partial charge < -0.3 is 14.8 Å². The number of ether oxygens (including phenoxy) is 2. The molecule has 1 aromatic rings. The summed E-state index contributed by atoms with van der Waals surface area (Å²) in [6.07, 6.45) is 1.98. The second-order valence-corrected chi connectivity index (χ2v) is 4.70. The highest BCUT2D eigenvalue weighted by molar-refractivity contribution is 6.31. The number of methoxy groups -OCH3 is 2. The first-order valence-electron chi connectivity index (χ1n) is 5.83. The lowest BCUT2D eigenvalue weighted by Crippen LogP contribution is -2.24. The average Bonchev–Trinajstić information content (AvgIpc) is 3.20. The molecule has 1 aromatic carbocycles. The SMILES string of the molecule is COc1cc(Cl)c(CNC(=O)C2CC2)cc1OC. The van der Waals surface area contributed by atoms with E-state index in [0.717, 1.165) is 18.4 Å². The summed E-state index contributed by atoms with van der Waals surface area (Å²) in [7, 11) is 3.13. The number of halogens is 1. The minimum atomic E-state index is 0.0980. The minimum Gasteiger partial charge on any atom is -0.493 e. The van der Waals surface area contributed by atoms with Crippen molar-refractivity contribution >= 4 is 17.5 Å². The van der Waals surface area contributed by atoms with Crippen LogP contribution in [0.2, 0.25) is 5.02 Å². The van der Waals surface area contributed by atoms with Gasteiger partial charge in [-0.05, 0) is 24.5 Å². The Balaban J connectivity index is 2.09. The molecule has 0 aromatic heterocycles. The van der Waals surface area contributed by atoms with Gasteiger partial charge >= 0.3 is 0 Å². The molecule has 1 aliphatic rings. The molecule has 1 amide bonds. The Kier molecular flexibility index (Phi) is 3.97. The molecule has 1 N–H and O–H groups in total. The predicted molar refractivity (Wildman–Crippen MR) is 69.1 cm³/mol. The van der Waals surface area contributed by atoms with Crippen molar-refractivity contribution in [3.05, 3.63) is 22.7 Å². The lowest BCUT2D eigenvalue weighted by molar-refractivity contribution is -0.122. The zero-order valence-electron chi connectivity index (χ0n) is 10.5. The second-order valence-electron chi connectivity index (χ2n) is 4.29. The third-order valence-electron chi connectivity index (χ3n) is 2.95. The van der Waals surface area contributed by atoms with Gasteiger partial charge in [-0.1, -0.05) is 11.6 Å². The fraction of sp³-hybridized carbons (Fsp3) is 0.462. The van der Waals surface area contributed by atoms with Gasteiger partial charge in [0.15, 0.2) is 11.5 Å². The molecular weight excluding hydrogens is 254 g/mol. The monoisotopic (exact) mass is 269 g/mol. The molecule has 1 aliphatic carbocycles. The van der Waals surface area contributed by atoms with E-state index in [0.29, 0.717) is 23.1 Å². The summed E-state index contributed by atoms with van der Waals surface area (Å²) in [6, 6.07) is 3.48. The van der Waals surface area contributed by atoms with Crippen molar-refractivity contribution in [1.29, 1.82) is 0 Å². The third kappa shape index (κ3) is 2.88. The molecular formula is C13H16ClNO3. The van der Waals surface area contributed by atoms with Gasteiger partial charge in [0.25, 0.3) is 0 Å². The summed E-state index contributed by atoms with van der Waals surface area (Å²) in [4.78, 5) is 11.6. The molecule has 0 bridgehead atoms. The summed E-state index contributed by atoms with van der Waals surface area (Å²) >= 11 is 6.13. The summed E-state index contributed by atoms with van der Waals surface area (Å²) in [6.45, 7) is 0.411. The van der Waals surface area contributed by atoms with Gasteiger partial charge in [-0.25, -0.2) is 0 Å². The zero-order valence-corrected chi connectivity index (χ0v) is 11.2. The van der Waals surface area contributed by atoms with Crippen LogP contribution in [0.15, 0.2) is 12.1 Å². The van der Waals surface area contributed by atoms with Gasteiger partial charge in [0.1, 0.15) is 0 Å². The number of hydrogen-bond acceptors (Lipinski definition) is 3. The lowest BCUT2D eigenvalue weighted by atomic mass is 10.2. The van der Waals surface area contributed by atoms with E-state index in [4.69, 9.17) is 21.1 Å². The van der Waals surface area contributed by atoms with Crippen molar-refractivity contribution in [2.45, 2.75) is 19.4 Å². The van der Waals surface area contributed by atoms with Gasteiger partial charge in [0, 0.05) is 23.6 Å². The molecule has 0 radical (unpaired) electrons. The molecule has 0 atom stereocenters. The number of hydrogen-bond donors (Lipinski definition) is 1. The highest BCUT2D eigenvalue weighted by atomic mass is 35.5. The molecule has 18 heavy (non-hydrogen) atoms. The smallest absolute Gasteiger partial charge is 0.223 e. The summed E-state index contributed by atoms with van der Waals surface area (Å²) in [5.74, 6) is 1.49. The molecule has 1 fully saturated rings. The number of benzene rings is 1. The Morgan fingerprint density at radius 2 is 1.94 bits per heavy atom. The molecule has 4 nitrogen and oxygen atoms in total. The minimum absolute atomic E-state index is 0.0980. The number of nitrogens with one attached hydrogen (secondary N) is 1. The fourth-order valence-electron chi connectivity index (χ4n) is 1.70. The van der Waals surface area contributed by atoms with Crippen molar-refractivity contribution in [2.75, 3.05) is 14.2 Å². The Morgan fingerprint density at radius 1 is 1.33 bits per heavy atom. The molecule has 0 unspecified atom stereocenters. The molecule has 1 saturated carbocycles. The van der Waals surface area contributed by atoms with Crippen molar-refractivity contribution in [1.82, 2.24) is 5.32 Å². The predicted octanol–water partition coefficient (Wildman–Crippen LogP) is 2.38. The van der Waals surface area contributed by atoms with E-state index in [1.165, 1.54) is 0 Å². The topological polar surface area (TPSA) is 47.6 Å². The normalized spacial score (nSPS) is 14.2. The lowest BCUT2D eigenvalue weighted by Gasteiger charge is -2.12. The summed E-state index contributed by atoms with van der Waals surface area (Å²) in [5, 5.41) is 3.43. The maximum atomic E-state index is 11.6. The van der Waals surface area contributed by atoms with Crippen molar-refractivity contribution in [2.24, 2.45) is 5.92 Å². The fourth-order valence-corrected chi connectivity index (χ4v) is 1.92. The van der Waals surface area contributed by atoms with Crippen LogP contribution < -0.4 is 14.8 Å². The van der Waals surface area contributed by atoms with Crippen LogP contribution in [0, 0.1) is 5.92 Å². The molecule has 5 heteroatoms. The second kappa shape index (κ2) is 5.48. The van der Waals surface area contributed by atoms with Crippen LogP contribution in [0.1, 0.15) is 18.4 Å². The Labute approximate surface area is 111 Å². The number of carbonyl (C=O) groups excluding carboxylic acids is 1. The van der Waals surface area contributed by atoms with Crippen LogP contribution in [0.5, 0.6) is 11.5 Å². The first-order valence-corrected chi connectivity index (χ1v) is 6.21. The quantitative estimate of drug-likeness (QED) is 0.893.